The minimum absolute atomic E-state index is 0.0665. The average Bonchev–Trinajstić information content (AvgIpc) is 2.98. The second-order valence-electron chi connectivity index (χ2n) is 9.33. The van der Waals surface area contributed by atoms with Gasteiger partial charge in [0.05, 0.1) is 43.3 Å². The summed E-state index contributed by atoms with van der Waals surface area (Å²) in [4.78, 5) is 21.5. The van der Waals surface area contributed by atoms with Crippen LogP contribution in [0.25, 0.3) is 10.9 Å². The highest BCUT2D eigenvalue weighted by atomic mass is 19.1. The number of nitrogens with two attached hydrogens (primary N) is 1. The molecule has 0 aliphatic carbocycles. The Labute approximate surface area is 231 Å². The van der Waals surface area contributed by atoms with Gasteiger partial charge in [0.2, 0.25) is 0 Å². The van der Waals surface area contributed by atoms with Gasteiger partial charge in [0.15, 0.2) is 11.5 Å². The Hall–Kier alpha value is -4.48. The van der Waals surface area contributed by atoms with Gasteiger partial charge in [0, 0.05) is 29.2 Å². The summed E-state index contributed by atoms with van der Waals surface area (Å²) in [6, 6.07) is 14.4. The first-order valence-electron chi connectivity index (χ1n) is 13.0. The van der Waals surface area contributed by atoms with E-state index in [4.69, 9.17) is 19.9 Å². The highest BCUT2D eigenvalue weighted by molar-refractivity contribution is 6.06. The Morgan fingerprint density at radius 3 is 2.73 bits per heavy atom. The van der Waals surface area contributed by atoms with Crippen LogP contribution in [-0.2, 0) is 4.74 Å². The van der Waals surface area contributed by atoms with Crippen LogP contribution in [0.15, 0.2) is 60.9 Å². The third kappa shape index (κ3) is 6.05. The van der Waals surface area contributed by atoms with Crippen molar-refractivity contribution >= 4 is 39.7 Å². The predicted octanol–water partition coefficient (Wildman–Crippen LogP) is 4.50. The predicted molar refractivity (Wildman–Crippen MR) is 152 cm³/mol. The van der Waals surface area contributed by atoms with Gasteiger partial charge < -0.3 is 35.9 Å². The lowest BCUT2D eigenvalue weighted by molar-refractivity contribution is 0.0259. The fourth-order valence-electron chi connectivity index (χ4n) is 4.53. The molecule has 5 N–H and O–H groups in total. The van der Waals surface area contributed by atoms with E-state index in [2.05, 4.69) is 32.8 Å². The Bertz CT molecular complexity index is 1490. The van der Waals surface area contributed by atoms with E-state index in [9.17, 15) is 9.18 Å². The van der Waals surface area contributed by atoms with Crippen LogP contribution in [0.5, 0.6) is 11.5 Å². The van der Waals surface area contributed by atoms with Crippen LogP contribution in [0.4, 0.5) is 27.3 Å². The van der Waals surface area contributed by atoms with Gasteiger partial charge in [0.25, 0.3) is 5.91 Å². The first-order chi connectivity index (χ1) is 19.4. The van der Waals surface area contributed by atoms with Crippen LogP contribution in [0, 0.1) is 5.82 Å². The maximum absolute atomic E-state index is 13.6. The molecule has 40 heavy (non-hydrogen) atoms. The number of nitrogens with zero attached hydrogens (tertiary/aromatic N) is 2. The topological polar surface area (TPSA) is 133 Å². The Balaban J connectivity index is 1.36. The van der Waals surface area contributed by atoms with Crippen molar-refractivity contribution in [2.45, 2.75) is 25.5 Å². The summed E-state index contributed by atoms with van der Waals surface area (Å²) < 4.78 is 31.2. The van der Waals surface area contributed by atoms with Gasteiger partial charge >= 0.3 is 0 Å². The number of morpholine rings is 1. The van der Waals surface area contributed by atoms with Gasteiger partial charge in [-0.3, -0.25) is 4.79 Å². The Morgan fingerprint density at radius 1 is 1.18 bits per heavy atom. The van der Waals surface area contributed by atoms with E-state index in [1.54, 1.807) is 31.4 Å². The standard InChI is InChI=1S/C29H31FN6O4/c1-3-25(24-15-39-11-10-32-24)40-27-13-20-22(14-26(27)38-2)33-16-34-28(20)35-19-7-4-17(5-8-19)29(37)36-23-12-18(30)6-9-21(23)31/h4-9,12-14,16,24-25,32H,3,10-11,15,31H2,1-2H3,(H,36,37)(H,33,34,35). The number of nitrogens with one attached hydrogen (secondary N) is 3. The number of nitrogen functional groups attached to an aromatic ring is 1. The number of halogens is 1. The lowest BCUT2D eigenvalue weighted by Gasteiger charge is -2.31. The van der Waals surface area contributed by atoms with Gasteiger partial charge in [-0.2, -0.15) is 0 Å². The molecule has 11 heteroatoms. The van der Waals surface area contributed by atoms with Crippen molar-refractivity contribution in [3.8, 4) is 11.5 Å². The van der Waals surface area contributed by atoms with Gasteiger partial charge in [-0.05, 0) is 55.0 Å². The molecular formula is C29H31FN6O4. The highest BCUT2D eigenvalue weighted by Gasteiger charge is 2.25. The zero-order chi connectivity index (χ0) is 28.1. The van der Waals surface area contributed by atoms with Crippen molar-refractivity contribution in [3.63, 3.8) is 0 Å². The largest absolute Gasteiger partial charge is 0.493 e. The molecule has 0 bridgehead atoms. The van der Waals surface area contributed by atoms with E-state index in [0.717, 1.165) is 18.4 Å². The van der Waals surface area contributed by atoms with Gasteiger partial charge in [0.1, 0.15) is 24.1 Å². The molecule has 10 nitrogen and oxygen atoms in total. The smallest absolute Gasteiger partial charge is 0.255 e. The number of benzene rings is 3. The number of anilines is 4. The van der Waals surface area contributed by atoms with Crippen molar-refractivity contribution in [2.75, 3.05) is 43.2 Å². The summed E-state index contributed by atoms with van der Waals surface area (Å²) in [6.07, 6.45) is 2.13. The molecule has 3 aromatic carbocycles. The third-order valence-electron chi connectivity index (χ3n) is 6.67. The average molecular weight is 547 g/mol. The molecule has 0 spiro atoms. The SMILES string of the molecule is CCC(Oc1cc2c(Nc3ccc(C(=O)Nc4cc(F)ccc4N)cc3)ncnc2cc1OC)C1COCCN1. The number of hydrogen-bond donors (Lipinski definition) is 4. The number of fused-ring (bicyclic) bond motifs is 1. The van der Waals surface area contributed by atoms with Crippen molar-refractivity contribution in [1.82, 2.24) is 15.3 Å². The van der Waals surface area contributed by atoms with E-state index in [1.165, 1.54) is 24.5 Å². The van der Waals surface area contributed by atoms with Crippen LogP contribution in [0.1, 0.15) is 23.7 Å². The summed E-state index contributed by atoms with van der Waals surface area (Å²) >= 11 is 0. The van der Waals surface area contributed by atoms with E-state index in [-0.39, 0.29) is 23.5 Å². The quantitative estimate of drug-likeness (QED) is 0.224. The van der Waals surface area contributed by atoms with Crippen LogP contribution in [0.2, 0.25) is 0 Å². The number of methoxy groups -OCH3 is 1. The van der Waals surface area contributed by atoms with Crippen LogP contribution in [0.3, 0.4) is 0 Å². The number of hydrogen-bond acceptors (Lipinski definition) is 9. The summed E-state index contributed by atoms with van der Waals surface area (Å²) in [5, 5.41) is 10.1. The molecular weight excluding hydrogens is 515 g/mol. The minimum Gasteiger partial charge on any atom is -0.493 e. The lowest BCUT2D eigenvalue weighted by Crippen LogP contribution is -2.50. The molecule has 2 unspecified atom stereocenters. The monoisotopic (exact) mass is 546 g/mol. The third-order valence-corrected chi connectivity index (χ3v) is 6.67. The van der Waals surface area contributed by atoms with Crippen LogP contribution < -0.4 is 31.2 Å². The van der Waals surface area contributed by atoms with Crippen molar-refractivity contribution in [1.29, 1.82) is 0 Å². The van der Waals surface area contributed by atoms with Gasteiger partial charge in [-0.15, -0.1) is 0 Å². The van der Waals surface area contributed by atoms with Crippen molar-refractivity contribution in [2.24, 2.45) is 0 Å². The van der Waals surface area contributed by atoms with E-state index < -0.39 is 11.7 Å². The highest BCUT2D eigenvalue weighted by Crippen LogP contribution is 2.36. The second-order valence-corrected chi connectivity index (χ2v) is 9.33. The fourth-order valence-corrected chi connectivity index (χ4v) is 4.53. The molecule has 1 saturated heterocycles. The molecule has 0 saturated carbocycles. The van der Waals surface area contributed by atoms with Gasteiger partial charge in [-0.25, -0.2) is 14.4 Å². The first-order valence-corrected chi connectivity index (χ1v) is 13.0. The summed E-state index contributed by atoms with van der Waals surface area (Å²) in [5.74, 6) is 0.817. The van der Waals surface area contributed by atoms with Crippen LogP contribution >= 0.6 is 0 Å². The Kier molecular flexibility index (Phi) is 8.23. The van der Waals surface area contributed by atoms with Crippen molar-refractivity contribution in [3.05, 3.63) is 72.3 Å². The minimum atomic E-state index is -0.489. The molecule has 208 valence electrons. The van der Waals surface area contributed by atoms with E-state index in [1.807, 2.05) is 12.1 Å². The number of rotatable bonds is 9. The zero-order valence-electron chi connectivity index (χ0n) is 22.2. The number of amides is 1. The summed E-state index contributed by atoms with van der Waals surface area (Å²) in [5.41, 5.74) is 8.10. The number of carbonyl (C=O) groups excluding carboxylic acids is 1. The molecule has 1 aromatic heterocycles. The molecule has 4 aromatic rings. The normalized spacial score (nSPS) is 15.8. The summed E-state index contributed by atoms with van der Waals surface area (Å²) in [7, 11) is 1.59. The molecule has 1 aliphatic heterocycles. The molecule has 0 radical (unpaired) electrons. The lowest BCUT2D eigenvalue weighted by atomic mass is 10.1. The fraction of sp³-hybridized carbons (Fsp3) is 0.276. The maximum Gasteiger partial charge on any atom is 0.255 e. The first kappa shape index (κ1) is 27.1. The molecule has 2 heterocycles. The maximum atomic E-state index is 13.6. The number of carbonyl (C=O) groups is 1. The van der Waals surface area contributed by atoms with E-state index in [0.29, 0.717) is 47.3 Å². The molecule has 1 aliphatic rings. The number of ether oxygens (including phenoxy) is 3. The van der Waals surface area contributed by atoms with E-state index >= 15 is 0 Å². The zero-order valence-corrected chi connectivity index (χ0v) is 22.2. The molecule has 5 rings (SSSR count). The molecule has 2 atom stereocenters. The van der Waals surface area contributed by atoms with Crippen LogP contribution in [-0.4, -0.2) is 54.9 Å². The van der Waals surface area contributed by atoms with Gasteiger partial charge in [-0.1, -0.05) is 6.92 Å². The second kappa shape index (κ2) is 12.1. The molecule has 1 amide bonds. The molecule has 1 fully saturated rings. The number of aromatic nitrogens is 2. The Morgan fingerprint density at radius 2 is 2.00 bits per heavy atom. The summed E-state index contributed by atoms with van der Waals surface area (Å²) in [6.45, 7) is 4.11. The van der Waals surface area contributed by atoms with Crippen molar-refractivity contribution < 1.29 is 23.4 Å².